The molecule has 0 aromatic heterocycles. The second-order valence-electron chi connectivity index (χ2n) is 23.4. The second-order valence-corrected chi connectivity index (χ2v) is 24.4. The number of rotatable bonds is 14. The van der Waals surface area contributed by atoms with Crippen LogP contribution in [0.1, 0.15) is 168 Å². The lowest BCUT2D eigenvalue weighted by atomic mass is 9.70. The summed E-state index contributed by atoms with van der Waals surface area (Å²) in [5, 5.41) is 35.8. The van der Waals surface area contributed by atoms with E-state index >= 15 is 0 Å². The van der Waals surface area contributed by atoms with Crippen molar-refractivity contribution in [2.75, 3.05) is 0 Å². The SMILES string of the molecule is CC(C)(C)CC(C)(C)c1cc(OP(Oc2cc(Cc3ccccc3)c(O)c(Cc3ccccc3)c2)Oc2cc(C(C)(C)C)c(O)c(C(C)(C)CC(C)(C)C)c2)cc(C(C)(C)C)c1O. The maximum Gasteiger partial charge on any atom is 0.530 e. The molecule has 0 heterocycles. The van der Waals surface area contributed by atoms with Crippen molar-refractivity contribution < 1.29 is 28.9 Å². The Kier molecular flexibility index (Phi) is 14.4. The first kappa shape index (κ1) is 49.3. The summed E-state index contributed by atoms with van der Waals surface area (Å²) in [4.78, 5) is 0. The fourth-order valence-electron chi connectivity index (χ4n) is 9.33. The Morgan fingerprint density at radius 1 is 0.397 bits per heavy atom. The number of hydrogen-bond acceptors (Lipinski definition) is 6. The molecule has 0 saturated carbocycles. The summed E-state index contributed by atoms with van der Waals surface area (Å²) in [5.41, 5.74) is 4.99. The van der Waals surface area contributed by atoms with Gasteiger partial charge in [-0.3, -0.25) is 0 Å². The number of hydrogen-bond donors (Lipinski definition) is 3. The second kappa shape index (κ2) is 18.4. The largest absolute Gasteiger partial charge is 0.530 e. The van der Waals surface area contributed by atoms with Gasteiger partial charge in [0.2, 0.25) is 0 Å². The van der Waals surface area contributed by atoms with Gasteiger partial charge in [0, 0.05) is 46.2 Å². The van der Waals surface area contributed by atoms with Crippen molar-refractivity contribution in [3.05, 3.63) is 142 Å². The van der Waals surface area contributed by atoms with Crippen LogP contribution < -0.4 is 13.6 Å². The summed E-state index contributed by atoms with van der Waals surface area (Å²) in [6.07, 6.45) is 2.62. The number of phenolic OH excluding ortho intramolecular Hbond substituents is 3. The van der Waals surface area contributed by atoms with Gasteiger partial charge in [-0.15, -0.1) is 0 Å². The van der Waals surface area contributed by atoms with Crippen molar-refractivity contribution in [1.82, 2.24) is 0 Å². The topological polar surface area (TPSA) is 88.4 Å². The molecule has 0 unspecified atom stereocenters. The third-order valence-corrected chi connectivity index (χ3v) is 12.5. The van der Waals surface area contributed by atoms with Crippen molar-refractivity contribution in [1.29, 1.82) is 0 Å². The maximum atomic E-state index is 12.0. The van der Waals surface area contributed by atoms with Crippen LogP contribution in [0, 0.1) is 10.8 Å². The highest BCUT2D eigenvalue weighted by molar-refractivity contribution is 7.43. The van der Waals surface area contributed by atoms with Crippen LogP contribution >= 0.6 is 8.60 Å². The zero-order chi connectivity index (χ0) is 46.9. The average molecular weight is 875 g/mol. The monoisotopic (exact) mass is 875 g/mol. The van der Waals surface area contributed by atoms with Gasteiger partial charge in [0.05, 0.1) is 0 Å². The van der Waals surface area contributed by atoms with E-state index in [0.717, 1.165) is 57.3 Å². The van der Waals surface area contributed by atoms with Gasteiger partial charge >= 0.3 is 8.60 Å². The highest BCUT2D eigenvalue weighted by atomic mass is 31.2. The summed E-state index contributed by atoms with van der Waals surface area (Å²) in [7, 11) is -2.25. The van der Waals surface area contributed by atoms with Crippen LogP contribution in [-0.4, -0.2) is 15.3 Å². The lowest BCUT2D eigenvalue weighted by Crippen LogP contribution is -2.26. The maximum absolute atomic E-state index is 12.0. The van der Waals surface area contributed by atoms with Gasteiger partial charge in [-0.05, 0) is 92.9 Å². The van der Waals surface area contributed by atoms with Crippen LogP contribution in [0.25, 0.3) is 0 Å². The van der Waals surface area contributed by atoms with Crippen molar-refractivity contribution in [2.45, 2.75) is 158 Å². The van der Waals surface area contributed by atoms with Crippen molar-refractivity contribution in [3.63, 3.8) is 0 Å². The third-order valence-electron chi connectivity index (χ3n) is 11.4. The molecule has 7 heteroatoms. The average Bonchev–Trinajstić information content (AvgIpc) is 3.12. The molecule has 0 saturated heterocycles. The highest BCUT2D eigenvalue weighted by Crippen LogP contribution is 2.52. The lowest BCUT2D eigenvalue weighted by molar-refractivity contribution is 0.276. The first-order chi connectivity index (χ1) is 28.9. The molecule has 6 nitrogen and oxygen atoms in total. The van der Waals surface area contributed by atoms with Crippen LogP contribution in [0.3, 0.4) is 0 Å². The highest BCUT2D eigenvalue weighted by Gasteiger charge is 2.36. The first-order valence-corrected chi connectivity index (χ1v) is 23.5. The Morgan fingerprint density at radius 2 is 0.698 bits per heavy atom. The molecule has 5 rings (SSSR count). The molecular weight excluding hydrogens is 800 g/mol. The fraction of sp³-hybridized carbons (Fsp3) is 0.464. The van der Waals surface area contributed by atoms with E-state index in [-0.39, 0.29) is 28.1 Å². The Hall–Kier alpha value is -4.67. The predicted molar refractivity (Wildman–Crippen MR) is 263 cm³/mol. The standard InChI is InChI=1S/C56H75O6P/c1-51(2,3)35-55(13,14)46-33-42(31-44(49(46)58)53(7,8)9)61-63(62-43-32-45(54(10,11)12)50(59)47(34-43)56(15,16)36-52(4,5)6)60-41-29-39(27-37-23-19-17-20-24-37)48(57)40(30-41)28-38-25-21-18-22-26-38/h17-26,29-34,57-59H,27-28,35-36H2,1-16H3. The molecule has 0 spiro atoms. The van der Waals surface area contributed by atoms with Gasteiger partial charge < -0.3 is 28.9 Å². The first-order valence-electron chi connectivity index (χ1n) is 22.4. The van der Waals surface area contributed by atoms with Gasteiger partial charge in [0.15, 0.2) is 0 Å². The predicted octanol–water partition coefficient (Wildman–Crippen LogP) is 15.8. The minimum atomic E-state index is -2.25. The lowest BCUT2D eigenvalue weighted by Gasteiger charge is -2.35. The molecule has 63 heavy (non-hydrogen) atoms. The summed E-state index contributed by atoms with van der Waals surface area (Å²) in [6.45, 7) is 34.5. The number of aromatic hydroxyl groups is 3. The third kappa shape index (κ3) is 13.2. The quantitative estimate of drug-likeness (QED) is 0.0963. The van der Waals surface area contributed by atoms with Crippen molar-refractivity contribution in [3.8, 4) is 34.5 Å². The smallest absolute Gasteiger partial charge is 0.507 e. The number of phenols is 3. The van der Waals surface area contributed by atoms with E-state index in [9.17, 15) is 15.3 Å². The molecule has 0 aliphatic rings. The van der Waals surface area contributed by atoms with Crippen molar-refractivity contribution >= 4 is 8.60 Å². The van der Waals surface area contributed by atoms with Crippen LogP contribution in [0.15, 0.2) is 97.1 Å². The molecule has 0 aliphatic carbocycles. The zero-order valence-electron chi connectivity index (χ0n) is 41.1. The normalized spacial score (nSPS) is 13.0. The molecule has 3 N–H and O–H groups in total. The van der Waals surface area contributed by atoms with Gasteiger partial charge in [-0.1, -0.05) is 171 Å². The van der Waals surface area contributed by atoms with Gasteiger partial charge in [-0.2, -0.15) is 0 Å². The summed E-state index contributed by atoms with van der Waals surface area (Å²) in [5.74, 6) is 2.27. The summed E-state index contributed by atoms with van der Waals surface area (Å²) in [6, 6.07) is 31.6. The van der Waals surface area contributed by atoms with Crippen molar-refractivity contribution in [2.24, 2.45) is 10.8 Å². The Morgan fingerprint density at radius 3 is 1.00 bits per heavy atom. The van der Waals surface area contributed by atoms with Crippen LogP contribution in [0.4, 0.5) is 0 Å². The summed E-state index contributed by atoms with van der Waals surface area (Å²) >= 11 is 0. The molecule has 340 valence electrons. The van der Waals surface area contributed by atoms with E-state index in [0.29, 0.717) is 30.1 Å². The van der Waals surface area contributed by atoms with Gasteiger partial charge in [0.25, 0.3) is 0 Å². The van der Waals surface area contributed by atoms with Crippen LogP contribution in [0.2, 0.25) is 0 Å². The Bertz CT molecular complexity index is 2180. The number of benzene rings is 5. The fourth-order valence-corrected chi connectivity index (χ4v) is 10.3. The minimum absolute atomic E-state index is 0.0105. The van der Waals surface area contributed by atoms with Crippen LogP contribution in [0.5, 0.6) is 34.5 Å². The van der Waals surface area contributed by atoms with E-state index in [4.69, 9.17) is 13.6 Å². The molecule has 0 radical (unpaired) electrons. The van der Waals surface area contributed by atoms with Crippen LogP contribution in [-0.2, 0) is 34.5 Å². The Balaban J connectivity index is 1.73. The van der Waals surface area contributed by atoms with E-state index < -0.39 is 30.3 Å². The molecular formula is C56H75O6P. The summed E-state index contributed by atoms with van der Waals surface area (Å²) < 4.78 is 20.9. The molecule has 0 amide bonds. The van der Waals surface area contributed by atoms with E-state index in [1.807, 2.05) is 72.8 Å². The molecule has 0 aliphatic heterocycles. The Labute approximate surface area is 381 Å². The molecule has 5 aromatic rings. The molecule has 0 atom stereocenters. The molecule has 5 aromatic carbocycles. The van der Waals surface area contributed by atoms with Gasteiger partial charge in [0.1, 0.15) is 34.5 Å². The molecule has 0 bridgehead atoms. The minimum Gasteiger partial charge on any atom is -0.507 e. The van der Waals surface area contributed by atoms with Gasteiger partial charge in [-0.25, -0.2) is 0 Å². The zero-order valence-corrected chi connectivity index (χ0v) is 42.0. The van der Waals surface area contributed by atoms with E-state index in [1.54, 1.807) is 0 Å². The van der Waals surface area contributed by atoms with E-state index in [2.05, 4.69) is 135 Å². The van der Waals surface area contributed by atoms with E-state index in [1.165, 1.54) is 0 Å². The molecule has 0 fully saturated rings.